The molecule has 0 unspecified atom stereocenters. The summed E-state index contributed by atoms with van der Waals surface area (Å²) in [5.41, 5.74) is 1.30. The highest BCUT2D eigenvalue weighted by Gasteiger charge is 2.47. The van der Waals surface area contributed by atoms with Crippen LogP contribution in [0.25, 0.3) is 11.0 Å². The number of furan rings is 1. The van der Waals surface area contributed by atoms with Gasteiger partial charge in [-0.15, -0.1) is 0 Å². The van der Waals surface area contributed by atoms with Crippen LogP contribution in [0.5, 0.6) is 0 Å². The minimum atomic E-state index is -0.736. The van der Waals surface area contributed by atoms with E-state index in [1.807, 2.05) is 31.2 Å². The number of aryl methyl sites for hydroxylation is 1. The zero-order valence-corrected chi connectivity index (χ0v) is 11.2. The highest BCUT2D eigenvalue weighted by Crippen LogP contribution is 2.49. The van der Waals surface area contributed by atoms with Crippen LogP contribution in [0.15, 0.2) is 28.7 Å². The van der Waals surface area contributed by atoms with Crippen LogP contribution in [0.2, 0.25) is 0 Å². The van der Waals surface area contributed by atoms with E-state index >= 15 is 0 Å². The Morgan fingerprint density at radius 2 is 2.06 bits per heavy atom. The molecule has 0 spiro atoms. The minimum Gasteiger partial charge on any atom is -0.458 e. The molecule has 0 bridgehead atoms. The molecule has 0 radical (unpaired) electrons. The maximum atomic E-state index is 10.6. The third-order valence-corrected chi connectivity index (χ3v) is 4.34. The Morgan fingerprint density at radius 1 is 1.33 bits per heavy atom. The smallest absolute Gasteiger partial charge is 0.137 e. The lowest BCUT2D eigenvalue weighted by molar-refractivity contribution is -0.107. The van der Waals surface area contributed by atoms with Gasteiger partial charge in [0.25, 0.3) is 0 Å². The van der Waals surface area contributed by atoms with Crippen LogP contribution in [0.1, 0.15) is 38.0 Å². The van der Waals surface area contributed by atoms with Crippen molar-refractivity contribution in [2.45, 2.75) is 39.2 Å². The van der Waals surface area contributed by atoms with Crippen LogP contribution >= 0.6 is 0 Å². The quantitative estimate of drug-likeness (QED) is 0.866. The molecule has 1 heterocycles. The summed E-state index contributed by atoms with van der Waals surface area (Å²) in [6.07, 6.45) is 1.65. The van der Waals surface area contributed by atoms with Crippen LogP contribution in [0, 0.1) is 18.8 Å². The van der Waals surface area contributed by atoms with Gasteiger partial charge in [0.05, 0.1) is 0 Å². The fraction of sp³-hybridized carbons (Fsp3) is 0.500. The summed E-state index contributed by atoms with van der Waals surface area (Å²) >= 11 is 0. The van der Waals surface area contributed by atoms with Gasteiger partial charge in [-0.05, 0) is 43.2 Å². The van der Waals surface area contributed by atoms with Crippen LogP contribution in [-0.4, -0.2) is 5.11 Å². The van der Waals surface area contributed by atoms with Gasteiger partial charge in [-0.25, -0.2) is 0 Å². The maximum absolute atomic E-state index is 10.6. The molecule has 0 saturated heterocycles. The molecule has 1 fully saturated rings. The minimum absolute atomic E-state index is 0.615. The molecule has 2 nitrogen and oxygen atoms in total. The first-order valence-corrected chi connectivity index (χ1v) is 6.71. The summed E-state index contributed by atoms with van der Waals surface area (Å²) in [7, 11) is 0. The number of rotatable bonds is 2. The average Bonchev–Trinajstić information content (AvgIpc) is 2.70. The predicted molar refractivity (Wildman–Crippen MR) is 72.4 cm³/mol. The van der Waals surface area contributed by atoms with E-state index in [4.69, 9.17) is 4.42 Å². The summed E-state index contributed by atoms with van der Waals surface area (Å²) in [5.74, 6) is 1.99. The van der Waals surface area contributed by atoms with Gasteiger partial charge >= 0.3 is 0 Å². The molecule has 18 heavy (non-hydrogen) atoms. The van der Waals surface area contributed by atoms with Gasteiger partial charge in [0.2, 0.25) is 0 Å². The van der Waals surface area contributed by atoms with Gasteiger partial charge < -0.3 is 9.52 Å². The molecule has 1 aromatic carbocycles. The second-order valence-electron chi connectivity index (χ2n) is 6.05. The van der Waals surface area contributed by atoms with Crippen molar-refractivity contribution in [3.05, 3.63) is 35.6 Å². The van der Waals surface area contributed by atoms with Gasteiger partial charge in [-0.2, -0.15) is 0 Å². The van der Waals surface area contributed by atoms with Crippen molar-refractivity contribution in [2.75, 3.05) is 0 Å². The third kappa shape index (κ3) is 1.67. The number of aliphatic hydroxyl groups is 1. The summed E-state index contributed by atoms with van der Waals surface area (Å²) in [5, 5.41) is 11.7. The number of hydrogen-bond acceptors (Lipinski definition) is 2. The van der Waals surface area contributed by atoms with E-state index in [-0.39, 0.29) is 0 Å². The lowest BCUT2D eigenvalue weighted by Crippen LogP contribution is -2.42. The van der Waals surface area contributed by atoms with Gasteiger partial charge in [0.15, 0.2) is 0 Å². The summed E-state index contributed by atoms with van der Waals surface area (Å²) < 4.78 is 5.88. The largest absolute Gasteiger partial charge is 0.458 e. The molecule has 1 aliphatic rings. The van der Waals surface area contributed by atoms with E-state index in [0.717, 1.165) is 35.1 Å². The van der Waals surface area contributed by atoms with Crippen molar-refractivity contribution < 1.29 is 9.52 Å². The van der Waals surface area contributed by atoms with E-state index in [2.05, 4.69) is 13.8 Å². The van der Waals surface area contributed by atoms with Crippen LogP contribution in [0.4, 0.5) is 0 Å². The van der Waals surface area contributed by atoms with Crippen LogP contribution in [0.3, 0.4) is 0 Å². The maximum Gasteiger partial charge on any atom is 0.137 e. The Kier molecular flexibility index (Phi) is 2.53. The zero-order valence-electron chi connectivity index (χ0n) is 11.2. The lowest BCUT2D eigenvalue weighted by Gasteiger charge is -2.44. The Morgan fingerprint density at radius 3 is 2.67 bits per heavy atom. The summed E-state index contributed by atoms with van der Waals surface area (Å²) in [4.78, 5) is 0. The fourth-order valence-electron chi connectivity index (χ4n) is 2.92. The predicted octanol–water partition coefficient (Wildman–Crippen LogP) is 3.99. The van der Waals surface area contributed by atoms with Crippen molar-refractivity contribution >= 4 is 11.0 Å². The molecule has 1 aliphatic carbocycles. The van der Waals surface area contributed by atoms with Crippen molar-refractivity contribution in [3.8, 4) is 0 Å². The molecule has 0 atom stereocenters. The molecular weight excluding hydrogens is 224 g/mol. The monoisotopic (exact) mass is 244 g/mol. The Hall–Kier alpha value is -1.28. The lowest BCUT2D eigenvalue weighted by atomic mass is 9.65. The molecular formula is C16H20O2. The van der Waals surface area contributed by atoms with E-state index in [1.54, 1.807) is 0 Å². The molecule has 2 heteroatoms. The summed E-state index contributed by atoms with van der Waals surface area (Å²) in [6, 6.07) is 8.10. The van der Waals surface area contributed by atoms with Gasteiger partial charge in [-0.1, -0.05) is 32.0 Å². The molecule has 96 valence electrons. The van der Waals surface area contributed by atoms with Gasteiger partial charge in [0.1, 0.15) is 16.9 Å². The first-order valence-electron chi connectivity index (χ1n) is 6.71. The van der Waals surface area contributed by atoms with Crippen molar-refractivity contribution in [3.63, 3.8) is 0 Å². The molecule has 0 amide bonds. The fourth-order valence-corrected chi connectivity index (χ4v) is 2.92. The Balaban J connectivity index is 1.94. The van der Waals surface area contributed by atoms with Gasteiger partial charge in [-0.3, -0.25) is 0 Å². The Labute approximate surface area is 108 Å². The van der Waals surface area contributed by atoms with Crippen molar-refractivity contribution in [1.82, 2.24) is 0 Å². The average molecular weight is 244 g/mol. The number of benzene rings is 1. The number of hydrogen-bond donors (Lipinski definition) is 1. The second-order valence-corrected chi connectivity index (χ2v) is 6.05. The molecule has 1 N–H and O–H groups in total. The highest BCUT2D eigenvalue weighted by molar-refractivity contribution is 5.81. The Bertz CT molecular complexity index is 574. The second kappa shape index (κ2) is 3.86. The normalized spacial score (nSPS) is 27.7. The van der Waals surface area contributed by atoms with Crippen LogP contribution in [-0.2, 0) is 5.60 Å². The summed E-state index contributed by atoms with van der Waals surface area (Å²) in [6.45, 7) is 6.47. The number of para-hydroxylation sites is 1. The molecule has 1 aromatic heterocycles. The van der Waals surface area contributed by atoms with Gasteiger partial charge in [0, 0.05) is 5.39 Å². The van der Waals surface area contributed by atoms with Crippen LogP contribution < -0.4 is 0 Å². The van der Waals surface area contributed by atoms with E-state index in [9.17, 15) is 5.11 Å². The van der Waals surface area contributed by atoms with E-state index in [0.29, 0.717) is 11.8 Å². The SMILES string of the molecule is Cc1cccc2cc(C3(O)CC(C(C)C)C3)oc12. The zero-order chi connectivity index (χ0) is 12.9. The standard InChI is InChI=1S/C16H20O2/c1-10(2)13-8-16(17,9-13)14-7-12-6-4-5-11(3)15(12)18-14/h4-7,10,13,17H,8-9H2,1-3H3. The van der Waals surface area contributed by atoms with Crippen molar-refractivity contribution in [2.24, 2.45) is 11.8 Å². The highest BCUT2D eigenvalue weighted by atomic mass is 16.4. The first-order chi connectivity index (χ1) is 8.49. The molecule has 3 rings (SSSR count). The third-order valence-electron chi connectivity index (χ3n) is 4.34. The van der Waals surface area contributed by atoms with E-state index in [1.165, 1.54) is 0 Å². The molecule has 2 aromatic rings. The number of fused-ring (bicyclic) bond motifs is 1. The topological polar surface area (TPSA) is 33.4 Å². The van der Waals surface area contributed by atoms with E-state index < -0.39 is 5.60 Å². The molecule has 0 aliphatic heterocycles. The van der Waals surface area contributed by atoms with Crippen molar-refractivity contribution in [1.29, 1.82) is 0 Å². The first kappa shape index (κ1) is 11.8. The molecule has 1 saturated carbocycles.